The number of carboxylic acid groups (broad SMARTS) is 1. The summed E-state index contributed by atoms with van der Waals surface area (Å²) in [5, 5.41) is 14.2. The van der Waals surface area contributed by atoms with Crippen molar-refractivity contribution in [2.75, 3.05) is 31.1 Å². The molecule has 1 aliphatic rings. The summed E-state index contributed by atoms with van der Waals surface area (Å²) in [5.74, 6) is -0.827. The van der Waals surface area contributed by atoms with Gasteiger partial charge in [0.1, 0.15) is 12.4 Å². The predicted molar refractivity (Wildman–Crippen MR) is 139 cm³/mol. The number of hydrogen-bond acceptors (Lipinski definition) is 5. The standard InChI is InChI=1S/C28H29N5O3/c1-21(22-8-4-2-5-9-22)33-28(36)32(20-29-33)25-14-12-24(13-15-25)30-16-18-31(19-17-30)26(27(34)35)23-10-6-3-7-11-23/h2-15,20-21,26H,16-19H2,1H3,(H,34,35)/t21-,26?/m1/s1. The summed E-state index contributed by atoms with van der Waals surface area (Å²) < 4.78 is 3.05. The molecular weight excluding hydrogens is 454 g/mol. The molecule has 36 heavy (non-hydrogen) atoms. The van der Waals surface area contributed by atoms with E-state index in [1.54, 1.807) is 10.9 Å². The monoisotopic (exact) mass is 483 g/mol. The van der Waals surface area contributed by atoms with Crippen LogP contribution in [0.5, 0.6) is 0 Å². The first kappa shape index (κ1) is 23.6. The Labute approximate surface area is 209 Å². The fourth-order valence-electron chi connectivity index (χ4n) is 4.84. The third-order valence-corrected chi connectivity index (χ3v) is 6.86. The maximum Gasteiger partial charge on any atom is 0.350 e. The number of carbonyl (C=O) groups is 1. The van der Waals surface area contributed by atoms with Gasteiger partial charge in [-0.1, -0.05) is 60.7 Å². The number of nitrogens with zero attached hydrogens (tertiary/aromatic N) is 5. The van der Waals surface area contributed by atoms with Crippen molar-refractivity contribution < 1.29 is 9.90 Å². The first-order valence-corrected chi connectivity index (χ1v) is 12.1. The van der Waals surface area contributed by atoms with Crippen LogP contribution >= 0.6 is 0 Å². The highest BCUT2D eigenvalue weighted by molar-refractivity contribution is 5.75. The van der Waals surface area contributed by atoms with Crippen LogP contribution in [0, 0.1) is 0 Å². The maximum absolute atomic E-state index is 13.0. The molecular formula is C28H29N5O3. The summed E-state index contributed by atoms with van der Waals surface area (Å²) in [5.41, 5.74) is 3.44. The minimum atomic E-state index is -0.827. The molecule has 3 aromatic carbocycles. The van der Waals surface area contributed by atoms with E-state index >= 15 is 0 Å². The Morgan fingerprint density at radius 3 is 1.94 bits per heavy atom. The second kappa shape index (κ2) is 10.2. The largest absolute Gasteiger partial charge is 0.480 e. The lowest BCUT2D eigenvalue weighted by Gasteiger charge is -2.39. The van der Waals surface area contributed by atoms with E-state index in [2.05, 4.69) is 10.00 Å². The minimum Gasteiger partial charge on any atom is -0.480 e. The molecule has 1 saturated heterocycles. The van der Waals surface area contributed by atoms with E-state index < -0.39 is 12.0 Å². The van der Waals surface area contributed by atoms with Crippen molar-refractivity contribution in [2.24, 2.45) is 0 Å². The molecule has 2 heterocycles. The summed E-state index contributed by atoms with van der Waals surface area (Å²) in [4.78, 5) is 29.3. The predicted octanol–water partition coefficient (Wildman–Crippen LogP) is 3.59. The summed E-state index contributed by atoms with van der Waals surface area (Å²) in [7, 11) is 0. The normalized spacial score (nSPS) is 16.0. The number of anilines is 1. The Morgan fingerprint density at radius 2 is 1.36 bits per heavy atom. The molecule has 5 rings (SSSR count). The molecule has 0 amide bonds. The van der Waals surface area contributed by atoms with Crippen molar-refractivity contribution in [3.8, 4) is 5.69 Å². The van der Waals surface area contributed by atoms with Gasteiger partial charge in [0, 0.05) is 31.9 Å². The zero-order valence-electron chi connectivity index (χ0n) is 20.1. The van der Waals surface area contributed by atoms with Gasteiger partial charge in [-0.15, -0.1) is 0 Å². The van der Waals surface area contributed by atoms with E-state index in [0.717, 1.165) is 35.6 Å². The SMILES string of the molecule is C[C@H](c1ccccc1)n1ncn(-c2ccc(N3CCN(C(C(=O)O)c4ccccc4)CC3)cc2)c1=O. The number of aliphatic carboxylic acids is 1. The van der Waals surface area contributed by atoms with Gasteiger partial charge in [-0.05, 0) is 42.3 Å². The number of rotatable bonds is 7. The van der Waals surface area contributed by atoms with Crippen LogP contribution in [0.25, 0.3) is 5.69 Å². The Hall–Kier alpha value is -4.17. The number of hydrogen-bond donors (Lipinski definition) is 1. The van der Waals surface area contributed by atoms with E-state index in [9.17, 15) is 14.7 Å². The molecule has 0 bridgehead atoms. The quantitative estimate of drug-likeness (QED) is 0.433. The van der Waals surface area contributed by atoms with Crippen molar-refractivity contribution >= 4 is 11.7 Å². The third kappa shape index (κ3) is 4.67. The Balaban J connectivity index is 1.27. The van der Waals surface area contributed by atoms with Gasteiger partial charge in [-0.2, -0.15) is 5.10 Å². The van der Waals surface area contributed by atoms with Gasteiger partial charge >= 0.3 is 11.7 Å². The third-order valence-electron chi connectivity index (χ3n) is 6.86. The molecule has 0 radical (unpaired) electrons. The van der Waals surface area contributed by atoms with Crippen LogP contribution in [0.1, 0.15) is 30.1 Å². The molecule has 8 nitrogen and oxygen atoms in total. The molecule has 1 unspecified atom stereocenters. The molecule has 1 aliphatic heterocycles. The smallest absolute Gasteiger partial charge is 0.350 e. The van der Waals surface area contributed by atoms with Crippen LogP contribution < -0.4 is 10.6 Å². The van der Waals surface area contributed by atoms with Crippen molar-refractivity contribution in [1.82, 2.24) is 19.2 Å². The van der Waals surface area contributed by atoms with Crippen LogP contribution in [-0.4, -0.2) is 56.5 Å². The van der Waals surface area contributed by atoms with Gasteiger partial charge in [0.05, 0.1) is 11.7 Å². The number of benzene rings is 3. The van der Waals surface area contributed by atoms with Gasteiger partial charge in [0.15, 0.2) is 0 Å². The van der Waals surface area contributed by atoms with Crippen molar-refractivity contribution in [3.63, 3.8) is 0 Å². The average molecular weight is 484 g/mol. The second-order valence-electron chi connectivity index (χ2n) is 9.01. The molecule has 0 spiro atoms. The van der Waals surface area contributed by atoms with Crippen molar-refractivity contribution in [1.29, 1.82) is 0 Å². The number of piperazine rings is 1. The molecule has 1 fully saturated rings. The summed E-state index contributed by atoms with van der Waals surface area (Å²) in [6, 6.07) is 26.3. The zero-order valence-corrected chi connectivity index (χ0v) is 20.1. The van der Waals surface area contributed by atoms with Gasteiger partial charge in [-0.3, -0.25) is 9.69 Å². The molecule has 2 atom stereocenters. The van der Waals surface area contributed by atoms with Crippen LogP contribution in [-0.2, 0) is 4.79 Å². The Morgan fingerprint density at radius 1 is 0.806 bits per heavy atom. The highest BCUT2D eigenvalue weighted by atomic mass is 16.4. The van der Waals surface area contributed by atoms with E-state index in [1.165, 1.54) is 4.68 Å². The van der Waals surface area contributed by atoms with Crippen molar-refractivity contribution in [3.05, 3.63) is 113 Å². The highest BCUT2D eigenvalue weighted by Crippen LogP contribution is 2.25. The first-order chi connectivity index (χ1) is 17.5. The topological polar surface area (TPSA) is 83.6 Å². The lowest BCUT2D eigenvalue weighted by atomic mass is 10.0. The fraction of sp³-hybridized carbons (Fsp3) is 0.250. The van der Waals surface area contributed by atoms with Crippen LogP contribution in [0.3, 0.4) is 0 Å². The molecule has 1 N–H and O–H groups in total. The molecule has 4 aromatic rings. The van der Waals surface area contributed by atoms with Gasteiger partial charge < -0.3 is 10.0 Å². The van der Waals surface area contributed by atoms with E-state index in [-0.39, 0.29) is 11.7 Å². The molecule has 1 aromatic heterocycles. The van der Waals surface area contributed by atoms with Crippen molar-refractivity contribution in [2.45, 2.75) is 19.0 Å². The highest BCUT2D eigenvalue weighted by Gasteiger charge is 2.30. The maximum atomic E-state index is 13.0. The second-order valence-corrected chi connectivity index (χ2v) is 9.01. The number of carboxylic acids is 1. The lowest BCUT2D eigenvalue weighted by molar-refractivity contribution is -0.143. The molecule has 0 saturated carbocycles. The summed E-state index contributed by atoms with van der Waals surface area (Å²) >= 11 is 0. The first-order valence-electron chi connectivity index (χ1n) is 12.1. The Kier molecular flexibility index (Phi) is 6.69. The minimum absolute atomic E-state index is 0.166. The van der Waals surface area contributed by atoms with E-state index in [0.29, 0.717) is 13.1 Å². The molecule has 8 heteroatoms. The number of aromatic nitrogens is 3. The van der Waals surface area contributed by atoms with Crippen LogP contribution in [0.15, 0.2) is 96.1 Å². The van der Waals surface area contributed by atoms with E-state index in [1.807, 2.05) is 96.8 Å². The summed E-state index contributed by atoms with van der Waals surface area (Å²) in [6.45, 7) is 4.71. The van der Waals surface area contributed by atoms with Gasteiger partial charge in [0.2, 0.25) is 0 Å². The van der Waals surface area contributed by atoms with Gasteiger partial charge in [0.25, 0.3) is 0 Å². The lowest BCUT2D eigenvalue weighted by Crippen LogP contribution is -2.49. The molecule has 0 aliphatic carbocycles. The van der Waals surface area contributed by atoms with Gasteiger partial charge in [-0.25, -0.2) is 14.0 Å². The fourth-order valence-corrected chi connectivity index (χ4v) is 4.84. The van der Waals surface area contributed by atoms with Crippen LogP contribution in [0.2, 0.25) is 0 Å². The Bertz CT molecular complexity index is 1360. The molecule has 184 valence electrons. The zero-order chi connectivity index (χ0) is 25.1. The average Bonchev–Trinajstić information content (AvgIpc) is 3.31. The van der Waals surface area contributed by atoms with Crippen LogP contribution in [0.4, 0.5) is 5.69 Å². The summed E-state index contributed by atoms with van der Waals surface area (Å²) in [6.07, 6.45) is 1.56. The van der Waals surface area contributed by atoms with E-state index in [4.69, 9.17) is 0 Å².